The maximum Gasteiger partial charge on any atom is 0.200 e. The highest BCUT2D eigenvalue weighted by Gasteiger charge is 2.24. The lowest BCUT2D eigenvalue weighted by molar-refractivity contribution is 0.105. The summed E-state index contributed by atoms with van der Waals surface area (Å²) in [7, 11) is 0. The number of hydrogen-bond acceptors (Lipinski definition) is 4. The van der Waals surface area contributed by atoms with E-state index in [9.17, 15) is 19.4 Å². The molecule has 0 saturated heterocycles. The molecule has 150 valence electrons. The molecule has 4 rings (SSSR count). The van der Waals surface area contributed by atoms with Crippen molar-refractivity contribution in [2.75, 3.05) is 0 Å². The summed E-state index contributed by atoms with van der Waals surface area (Å²) >= 11 is 0. The minimum Gasteiger partial charge on any atom is -0.506 e. The summed E-state index contributed by atoms with van der Waals surface area (Å²) in [5.74, 6) is -1.27. The Morgan fingerprint density at radius 1 is 1.00 bits per heavy atom. The SMILES string of the molecule is CC(O)c1cccc(C(O)=C(C(=O)c2cccc(F)c2)c2nc3ccccc3[nH]2)c1. The summed E-state index contributed by atoms with van der Waals surface area (Å²) in [4.78, 5) is 20.8. The van der Waals surface area contributed by atoms with Crippen LogP contribution in [0.4, 0.5) is 4.39 Å². The third-order valence-corrected chi connectivity index (χ3v) is 4.82. The zero-order chi connectivity index (χ0) is 21.3. The first-order valence-electron chi connectivity index (χ1n) is 9.41. The van der Waals surface area contributed by atoms with E-state index >= 15 is 0 Å². The molecule has 1 aromatic heterocycles. The van der Waals surface area contributed by atoms with Crippen molar-refractivity contribution in [3.8, 4) is 0 Å². The Balaban J connectivity index is 1.94. The van der Waals surface area contributed by atoms with Gasteiger partial charge in [0.1, 0.15) is 23.0 Å². The number of para-hydroxylation sites is 2. The number of nitrogens with one attached hydrogen (secondary N) is 1. The van der Waals surface area contributed by atoms with Gasteiger partial charge in [-0.25, -0.2) is 9.37 Å². The average molecular weight is 402 g/mol. The molecule has 0 radical (unpaired) electrons. The summed E-state index contributed by atoms with van der Waals surface area (Å²) in [5, 5.41) is 21.0. The molecular formula is C24H19FN2O3. The molecule has 0 aliphatic heterocycles. The number of aliphatic hydroxyl groups excluding tert-OH is 2. The topological polar surface area (TPSA) is 86.2 Å². The van der Waals surface area contributed by atoms with Crippen molar-refractivity contribution in [1.82, 2.24) is 9.97 Å². The summed E-state index contributed by atoms with van der Waals surface area (Å²) in [6.07, 6.45) is -0.744. The number of carbonyl (C=O) groups is 1. The van der Waals surface area contributed by atoms with Crippen LogP contribution in [0.2, 0.25) is 0 Å². The standard InChI is InChI=1S/C24H19FN2O3/c1-14(28)15-6-4-7-16(12-15)22(29)21(23(30)17-8-5-9-18(25)13-17)24-26-19-10-2-3-11-20(19)27-24/h2-14,28-29H,1H3,(H,26,27). The van der Waals surface area contributed by atoms with Crippen LogP contribution in [0.3, 0.4) is 0 Å². The second-order valence-electron chi connectivity index (χ2n) is 6.97. The average Bonchev–Trinajstić information content (AvgIpc) is 3.17. The highest BCUT2D eigenvalue weighted by molar-refractivity contribution is 6.33. The first-order valence-corrected chi connectivity index (χ1v) is 9.41. The maximum absolute atomic E-state index is 13.7. The Hall–Kier alpha value is -3.77. The molecule has 4 aromatic rings. The number of Topliss-reactive ketones (excluding diaryl/α,β-unsaturated/α-hetero) is 1. The van der Waals surface area contributed by atoms with Crippen LogP contribution in [0.1, 0.15) is 40.3 Å². The predicted octanol–water partition coefficient (Wildman–Crippen LogP) is 5.06. The molecule has 0 spiro atoms. The molecule has 0 aliphatic rings. The molecule has 0 amide bonds. The van der Waals surface area contributed by atoms with Gasteiger partial charge in [-0.15, -0.1) is 0 Å². The lowest BCUT2D eigenvalue weighted by Gasteiger charge is -2.11. The molecular weight excluding hydrogens is 383 g/mol. The molecule has 5 nitrogen and oxygen atoms in total. The molecule has 1 unspecified atom stereocenters. The monoisotopic (exact) mass is 402 g/mol. The normalized spacial score (nSPS) is 13.2. The molecule has 0 fully saturated rings. The number of H-pyrrole nitrogens is 1. The van der Waals surface area contributed by atoms with Crippen LogP contribution in [0.25, 0.3) is 22.4 Å². The van der Waals surface area contributed by atoms with E-state index in [1.165, 1.54) is 18.2 Å². The van der Waals surface area contributed by atoms with E-state index in [4.69, 9.17) is 0 Å². The van der Waals surface area contributed by atoms with Gasteiger partial charge in [-0.3, -0.25) is 4.79 Å². The van der Waals surface area contributed by atoms with E-state index in [1.54, 1.807) is 43.3 Å². The van der Waals surface area contributed by atoms with Crippen LogP contribution in [0, 0.1) is 5.82 Å². The number of halogens is 1. The fraction of sp³-hybridized carbons (Fsp3) is 0.0833. The number of fused-ring (bicyclic) bond motifs is 1. The van der Waals surface area contributed by atoms with Crippen LogP contribution in [-0.4, -0.2) is 26.0 Å². The van der Waals surface area contributed by atoms with Crippen molar-refractivity contribution < 1.29 is 19.4 Å². The molecule has 0 aliphatic carbocycles. The van der Waals surface area contributed by atoms with Gasteiger partial charge in [0, 0.05) is 11.1 Å². The van der Waals surface area contributed by atoms with Gasteiger partial charge in [0.05, 0.1) is 17.1 Å². The molecule has 1 atom stereocenters. The van der Waals surface area contributed by atoms with Gasteiger partial charge in [-0.05, 0) is 42.8 Å². The van der Waals surface area contributed by atoms with Crippen molar-refractivity contribution in [2.24, 2.45) is 0 Å². The number of benzene rings is 3. The van der Waals surface area contributed by atoms with Crippen molar-refractivity contribution in [2.45, 2.75) is 13.0 Å². The third-order valence-electron chi connectivity index (χ3n) is 4.82. The van der Waals surface area contributed by atoms with Gasteiger partial charge in [-0.1, -0.05) is 42.5 Å². The van der Waals surface area contributed by atoms with Crippen molar-refractivity contribution in [3.63, 3.8) is 0 Å². The minimum absolute atomic E-state index is 0.0838. The highest BCUT2D eigenvalue weighted by atomic mass is 19.1. The maximum atomic E-state index is 13.7. The zero-order valence-corrected chi connectivity index (χ0v) is 16.1. The van der Waals surface area contributed by atoms with Gasteiger partial charge >= 0.3 is 0 Å². The van der Waals surface area contributed by atoms with Crippen LogP contribution < -0.4 is 0 Å². The van der Waals surface area contributed by atoms with Gasteiger partial charge in [-0.2, -0.15) is 0 Å². The third kappa shape index (κ3) is 3.73. The lowest BCUT2D eigenvalue weighted by Crippen LogP contribution is -2.08. The van der Waals surface area contributed by atoms with Crippen LogP contribution >= 0.6 is 0 Å². The molecule has 1 heterocycles. The Morgan fingerprint density at radius 2 is 1.73 bits per heavy atom. The van der Waals surface area contributed by atoms with Crippen molar-refractivity contribution in [3.05, 3.63) is 101 Å². The van der Waals surface area contributed by atoms with Crippen LogP contribution in [-0.2, 0) is 0 Å². The number of ketones is 1. The minimum atomic E-state index is -0.744. The predicted molar refractivity (Wildman–Crippen MR) is 113 cm³/mol. The number of allylic oxidation sites excluding steroid dienone is 1. The lowest BCUT2D eigenvalue weighted by atomic mass is 9.97. The van der Waals surface area contributed by atoms with E-state index in [0.29, 0.717) is 22.2 Å². The van der Waals surface area contributed by atoms with E-state index in [2.05, 4.69) is 9.97 Å². The second kappa shape index (κ2) is 7.93. The number of aromatic amines is 1. The Bertz CT molecular complexity index is 1240. The van der Waals surface area contributed by atoms with E-state index in [0.717, 1.165) is 6.07 Å². The summed E-state index contributed by atoms with van der Waals surface area (Å²) < 4.78 is 13.7. The van der Waals surface area contributed by atoms with Crippen molar-refractivity contribution in [1.29, 1.82) is 0 Å². The van der Waals surface area contributed by atoms with Gasteiger partial charge in [0.2, 0.25) is 5.78 Å². The van der Waals surface area contributed by atoms with Gasteiger partial charge < -0.3 is 15.2 Å². The van der Waals surface area contributed by atoms with Gasteiger partial charge in [0.25, 0.3) is 0 Å². The molecule has 3 aromatic carbocycles. The number of nitrogens with zero attached hydrogens (tertiary/aromatic N) is 1. The summed E-state index contributed by atoms with van der Waals surface area (Å²) in [5.41, 5.74) is 2.25. The van der Waals surface area contributed by atoms with Crippen LogP contribution in [0.15, 0.2) is 72.8 Å². The first kappa shape index (κ1) is 19.5. The Labute approximate surface area is 172 Å². The molecule has 0 saturated carbocycles. The van der Waals surface area contributed by atoms with E-state index in [-0.39, 0.29) is 22.7 Å². The van der Waals surface area contributed by atoms with Crippen molar-refractivity contribution >= 4 is 28.1 Å². The number of rotatable bonds is 5. The molecule has 0 bridgehead atoms. The van der Waals surface area contributed by atoms with Crippen LogP contribution in [0.5, 0.6) is 0 Å². The fourth-order valence-electron chi connectivity index (χ4n) is 3.26. The van der Waals surface area contributed by atoms with Gasteiger partial charge in [0.15, 0.2) is 0 Å². The highest BCUT2D eigenvalue weighted by Crippen LogP contribution is 2.29. The summed E-state index contributed by atoms with van der Waals surface area (Å²) in [6, 6.07) is 19.1. The zero-order valence-electron chi connectivity index (χ0n) is 16.1. The first-order chi connectivity index (χ1) is 14.4. The second-order valence-corrected chi connectivity index (χ2v) is 6.97. The quantitative estimate of drug-likeness (QED) is 0.247. The number of aromatic nitrogens is 2. The van der Waals surface area contributed by atoms with E-state index < -0.39 is 17.7 Å². The number of imidazole rings is 1. The number of hydrogen-bond donors (Lipinski definition) is 3. The number of aliphatic hydroxyl groups is 2. The largest absolute Gasteiger partial charge is 0.506 e. The Kier molecular flexibility index (Phi) is 5.16. The van der Waals surface area contributed by atoms with E-state index in [1.807, 2.05) is 12.1 Å². The molecule has 6 heteroatoms. The smallest absolute Gasteiger partial charge is 0.200 e. The summed E-state index contributed by atoms with van der Waals surface area (Å²) in [6.45, 7) is 1.61. The fourth-order valence-corrected chi connectivity index (χ4v) is 3.26. The Morgan fingerprint density at radius 3 is 2.47 bits per heavy atom. The number of carbonyl (C=O) groups excluding carboxylic acids is 1. The molecule has 30 heavy (non-hydrogen) atoms. The molecule has 3 N–H and O–H groups in total.